The number of allylic oxidation sites excluding steroid dienone is 1. The summed E-state index contributed by atoms with van der Waals surface area (Å²) in [5.74, 6) is -1.86. The molecular formula is C27H23N3O6S. The first kappa shape index (κ1) is 24.4. The lowest BCUT2D eigenvalue weighted by Crippen LogP contribution is -2.41. The maximum atomic E-state index is 14.0. The first-order valence-corrected chi connectivity index (χ1v) is 12.5. The highest BCUT2D eigenvalue weighted by Crippen LogP contribution is 2.36. The molecule has 37 heavy (non-hydrogen) atoms. The number of anilines is 1. The van der Waals surface area contributed by atoms with Crippen LogP contribution in [-0.4, -0.2) is 29.0 Å². The highest BCUT2D eigenvalue weighted by atomic mass is 32.1. The summed E-state index contributed by atoms with van der Waals surface area (Å²) in [5.41, 5.74) is 2.88. The van der Waals surface area contributed by atoms with Gasteiger partial charge in [-0.2, -0.15) is 0 Å². The van der Waals surface area contributed by atoms with Gasteiger partial charge in [0, 0.05) is 12.5 Å². The zero-order valence-corrected chi connectivity index (χ0v) is 21.4. The summed E-state index contributed by atoms with van der Waals surface area (Å²) in [5, 5.41) is 0.901. The molecule has 1 atom stereocenters. The SMILES string of the molecule is CCOC(=O)C1=C(C)N=c2s/c(=C3\C(=O)N(OC(C)=O)c4ccccc43)c(=O)n2C1c1ccc(C)cc1. The molecule has 3 heterocycles. The Hall–Kier alpha value is -4.31. The van der Waals surface area contributed by atoms with Gasteiger partial charge >= 0.3 is 11.9 Å². The molecular weight excluding hydrogens is 494 g/mol. The van der Waals surface area contributed by atoms with Crippen molar-refractivity contribution in [1.29, 1.82) is 0 Å². The monoisotopic (exact) mass is 517 g/mol. The fraction of sp³-hybridized carbons (Fsp3) is 0.222. The summed E-state index contributed by atoms with van der Waals surface area (Å²) in [7, 11) is 0. The molecule has 1 amide bonds. The average molecular weight is 518 g/mol. The second-order valence-electron chi connectivity index (χ2n) is 8.61. The normalized spacial score (nSPS) is 17.8. The third kappa shape index (κ3) is 3.99. The van der Waals surface area contributed by atoms with E-state index in [9.17, 15) is 19.2 Å². The Labute approximate surface area is 215 Å². The van der Waals surface area contributed by atoms with Gasteiger partial charge in [0.2, 0.25) is 0 Å². The van der Waals surface area contributed by atoms with Crippen molar-refractivity contribution < 1.29 is 24.0 Å². The van der Waals surface area contributed by atoms with Gasteiger partial charge in [-0.1, -0.05) is 59.4 Å². The molecule has 1 aromatic heterocycles. The molecule has 9 nitrogen and oxygen atoms in total. The van der Waals surface area contributed by atoms with E-state index in [-0.39, 0.29) is 22.3 Å². The molecule has 2 aliphatic rings. The largest absolute Gasteiger partial charge is 0.463 e. The third-order valence-corrected chi connectivity index (χ3v) is 7.18. The highest BCUT2D eigenvalue weighted by molar-refractivity contribution is 7.07. The number of carbonyl (C=O) groups excluding carboxylic acids is 3. The molecule has 3 aromatic rings. The molecule has 0 saturated carbocycles. The van der Waals surface area contributed by atoms with Crippen LogP contribution in [0.3, 0.4) is 0 Å². The Morgan fingerprint density at radius 1 is 1.05 bits per heavy atom. The number of para-hydroxylation sites is 1. The first-order chi connectivity index (χ1) is 17.7. The van der Waals surface area contributed by atoms with Gasteiger partial charge in [0.15, 0.2) is 4.80 Å². The van der Waals surface area contributed by atoms with E-state index in [0.29, 0.717) is 27.3 Å². The summed E-state index contributed by atoms with van der Waals surface area (Å²) in [6, 6.07) is 13.5. The molecule has 0 radical (unpaired) electrons. The number of amides is 1. The topological polar surface area (TPSA) is 107 Å². The lowest BCUT2D eigenvalue weighted by Gasteiger charge is -2.24. The van der Waals surface area contributed by atoms with Gasteiger partial charge in [-0.25, -0.2) is 14.6 Å². The summed E-state index contributed by atoms with van der Waals surface area (Å²) < 4.78 is 6.89. The molecule has 0 bridgehead atoms. The molecule has 0 spiro atoms. The van der Waals surface area contributed by atoms with Gasteiger partial charge in [-0.05, 0) is 32.4 Å². The van der Waals surface area contributed by atoms with Crippen molar-refractivity contribution in [2.75, 3.05) is 11.7 Å². The predicted octanol–water partition coefficient (Wildman–Crippen LogP) is 2.30. The van der Waals surface area contributed by atoms with E-state index in [1.807, 2.05) is 31.2 Å². The number of hydrogen-bond acceptors (Lipinski definition) is 8. The van der Waals surface area contributed by atoms with Gasteiger partial charge < -0.3 is 9.57 Å². The molecule has 10 heteroatoms. The van der Waals surface area contributed by atoms with E-state index in [1.165, 1.54) is 11.5 Å². The Morgan fingerprint density at radius 3 is 2.43 bits per heavy atom. The van der Waals surface area contributed by atoms with Crippen LogP contribution in [0.15, 0.2) is 69.6 Å². The Kier molecular flexibility index (Phi) is 6.12. The van der Waals surface area contributed by atoms with Crippen LogP contribution in [0.2, 0.25) is 0 Å². The van der Waals surface area contributed by atoms with Crippen LogP contribution in [0.25, 0.3) is 5.57 Å². The molecule has 0 N–H and O–H groups in total. The molecule has 0 aliphatic carbocycles. The number of aryl methyl sites for hydroxylation is 1. The second kappa shape index (κ2) is 9.29. The van der Waals surface area contributed by atoms with Crippen molar-refractivity contribution in [1.82, 2.24) is 4.57 Å². The number of carbonyl (C=O) groups is 3. The van der Waals surface area contributed by atoms with Crippen LogP contribution < -0.4 is 20.0 Å². The Balaban J connectivity index is 1.80. The van der Waals surface area contributed by atoms with Crippen LogP contribution in [0.4, 0.5) is 5.69 Å². The molecule has 2 aliphatic heterocycles. The molecule has 0 fully saturated rings. The number of hydroxylamine groups is 1. The van der Waals surface area contributed by atoms with Crippen LogP contribution in [0.5, 0.6) is 0 Å². The number of ether oxygens (including phenoxy) is 1. The molecule has 188 valence electrons. The van der Waals surface area contributed by atoms with Gasteiger partial charge in [0.1, 0.15) is 4.53 Å². The zero-order valence-electron chi connectivity index (χ0n) is 20.6. The Morgan fingerprint density at radius 2 is 1.76 bits per heavy atom. The van der Waals surface area contributed by atoms with E-state index in [2.05, 4.69) is 4.99 Å². The smallest absolute Gasteiger partial charge is 0.338 e. The lowest BCUT2D eigenvalue weighted by atomic mass is 9.95. The number of esters is 1. The van der Waals surface area contributed by atoms with E-state index in [1.54, 1.807) is 38.1 Å². The summed E-state index contributed by atoms with van der Waals surface area (Å²) in [6.45, 7) is 6.73. The second-order valence-corrected chi connectivity index (χ2v) is 9.59. The maximum Gasteiger partial charge on any atom is 0.338 e. The van der Waals surface area contributed by atoms with Gasteiger partial charge in [-0.3, -0.25) is 14.2 Å². The predicted molar refractivity (Wildman–Crippen MR) is 136 cm³/mol. The van der Waals surface area contributed by atoms with E-state index < -0.39 is 29.4 Å². The number of rotatable bonds is 4. The summed E-state index contributed by atoms with van der Waals surface area (Å²) in [6.07, 6.45) is 0. The quantitative estimate of drug-likeness (QED) is 0.492. The third-order valence-electron chi connectivity index (χ3n) is 6.12. The number of thiazole rings is 1. The van der Waals surface area contributed by atoms with Crippen molar-refractivity contribution in [3.8, 4) is 0 Å². The first-order valence-electron chi connectivity index (χ1n) is 11.6. The zero-order chi connectivity index (χ0) is 26.4. The van der Waals surface area contributed by atoms with Crippen LogP contribution in [0, 0.1) is 6.92 Å². The number of aromatic nitrogens is 1. The van der Waals surface area contributed by atoms with Gasteiger partial charge in [-0.15, -0.1) is 5.06 Å². The number of benzene rings is 2. The van der Waals surface area contributed by atoms with Crippen molar-refractivity contribution in [3.63, 3.8) is 0 Å². The van der Waals surface area contributed by atoms with Gasteiger partial charge in [0.25, 0.3) is 11.5 Å². The highest BCUT2D eigenvalue weighted by Gasteiger charge is 2.38. The molecule has 1 unspecified atom stereocenters. The molecule has 2 aromatic carbocycles. The number of nitrogens with zero attached hydrogens (tertiary/aromatic N) is 3. The fourth-order valence-corrected chi connectivity index (χ4v) is 5.67. The van der Waals surface area contributed by atoms with Crippen LogP contribution in [-0.2, 0) is 24.0 Å². The van der Waals surface area contributed by atoms with E-state index >= 15 is 0 Å². The van der Waals surface area contributed by atoms with Crippen molar-refractivity contribution in [2.24, 2.45) is 4.99 Å². The standard InChI is InChI=1S/C27H23N3O6S/c1-5-35-26(34)20-15(3)28-27-29(22(20)17-12-10-14(2)11-13-17)25(33)23(37-27)21-18-8-6-7-9-19(18)30(24(21)32)36-16(4)31/h6-13,22H,5H2,1-4H3/b23-21-. The summed E-state index contributed by atoms with van der Waals surface area (Å²) >= 11 is 1.05. The van der Waals surface area contributed by atoms with E-state index in [0.717, 1.165) is 22.0 Å². The minimum absolute atomic E-state index is 0.113. The van der Waals surface area contributed by atoms with Gasteiger partial charge in [0.05, 0.1) is 35.2 Å². The molecule has 5 rings (SSSR count). The Bertz CT molecular complexity index is 1680. The van der Waals surface area contributed by atoms with Crippen LogP contribution in [0.1, 0.15) is 43.5 Å². The summed E-state index contributed by atoms with van der Waals surface area (Å²) in [4.78, 5) is 62.2. The van der Waals surface area contributed by atoms with Crippen molar-refractivity contribution in [2.45, 2.75) is 33.7 Å². The van der Waals surface area contributed by atoms with Crippen LogP contribution >= 0.6 is 11.3 Å². The average Bonchev–Trinajstić information content (AvgIpc) is 3.31. The van der Waals surface area contributed by atoms with E-state index in [4.69, 9.17) is 9.57 Å². The maximum absolute atomic E-state index is 14.0. The number of fused-ring (bicyclic) bond motifs is 2. The number of hydrogen-bond donors (Lipinski definition) is 0. The minimum atomic E-state index is -0.790. The molecule has 0 saturated heterocycles. The van der Waals surface area contributed by atoms with Crippen molar-refractivity contribution >= 4 is 40.4 Å². The fourth-order valence-electron chi connectivity index (χ4n) is 4.53. The minimum Gasteiger partial charge on any atom is -0.463 e. The van der Waals surface area contributed by atoms with Crippen molar-refractivity contribution in [3.05, 3.63) is 96.2 Å². The lowest BCUT2D eigenvalue weighted by molar-refractivity contribution is -0.146.